The molecule has 4 amide bonds. The number of carbonyl (C=O) groups excluding carboxylic acids is 8. The van der Waals surface area contributed by atoms with Crippen LogP contribution in [-0.2, 0) is 66.8 Å². The molecule has 1 aliphatic carbocycles. The van der Waals surface area contributed by atoms with E-state index >= 15 is 0 Å². The smallest absolute Gasteiger partial charge is 0.250 e. The van der Waals surface area contributed by atoms with Crippen LogP contribution >= 0.6 is 67.8 Å². The number of allylic oxidation sites excluding steroid dienone is 4. The second-order valence-electron chi connectivity index (χ2n) is 19.6. The molecule has 0 aromatic carbocycles. The number of ketones is 4. The Balaban J connectivity index is 0.000000157. The van der Waals surface area contributed by atoms with Crippen LogP contribution in [-0.4, -0.2) is 206 Å². The second kappa shape index (κ2) is 24.7. The molecule has 6 fully saturated rings. The minimum atomic E-state index is -2.58. The standard InChI is InChI=1S/C17H18INO5.C12H11FINO5.C12H12INO5.C12H11NO5/c1-2-17-14(23-16(24-17)6-3-4-7-16)12(10-18)22-15(17)19-8-5-11(20)9-13(19)21;1-2-11(19)9(18)12(13,6-14)20-10(11)15-4-3-7(16)5-8(15)17;1-2-12(18)10(17)8(6-13)19-11(12)14-4-3-7(15)5-9(14)16;1-3-12(17)10(16)7(2)18-11(12)13-5-4-8(14)6-9(13)15/h1,5,8,12,14-15H,3-4,6-7,9-10H2;1,3-4,9-10,18-19H,5-6H2;1,3-4,8,10-11,17-18H,5-6H2;1,4-5,10-11,16-17H,2,6H2/t12-,14-,15-,17-;9-,10+,11+,12+;8-,10-,11-,12-;10-,11-,12-/m1011/s1. The molecule has 5 saturated heterocycles. The molecule has 10 aliphatic rings. The summed E-state index contributed by atoms with van der Waals surface area (Å²) in [5.41, 5.74) is -7.62. The van der Waals surface area contributed by atoms with Crippen LogP contribution in [0.25, 0.3) is 0 Å². The van der Waals surface area contributed by atoms with E-state index in [4.69, 9.17) is 54.1 Å². The average Bonchev–Trinajstić information content (AvgIpc) is 2.38. The number of hydrogen-bond acceptors (Lipinski definition) is 20. The van der Waals surface area contributed by atoms with Gasteiger partial charge in [0.1, 0.15) is 18.0 Å². The number of carbonyl (C=O) groups is 8. The Morgan fingerprint density at radius 1 is 0.593 bits per heavy atom. The van der Waals surface area contributed by atoms with Crippen LogP contribution < -0.4 is 0 Å². The van der Waals surface area contributed by atoms with Crippen LogP contribution in [0.4, 0.5) is 4.39 Å². The average molecular weight is 1460 g/mol. The van der Waals surface area contributed by atoms with E-state index in [-0.39, 0.29) is 58.8 Å². The predicted molar refractivity (Wildman–Crippen MR) is 297 cm³/mol. The molecule has 9 aliphatic heterocycles. The number of rotatable bonds is 7. The van der Waals surface area contributed by atoms with Gasteiger partial charge >= 0.3 is 0 Å². The van der Waals surface area contributed by atoms with Gasteiger partial charge in [0.05, 0.1) is 42.3 Å². The summed E-state index contributed by atoms with van der Waals surface area (Å²) in [6.07, 6.45) is 22.7. The van der Waals surface area contributed by atoms with Gasteiger partial charge in [-0.25, -0.2) is 4.39 Å². The molecule has 0 unspecified atom stereocenters. The zero-order chi connectivity index (χ0) is 59.8. The van der Waals surface area contributed by atoms with Crippen LogP contribution in [0.3, 0.4) is 0 Å². The van der Waals surface area contributed by atoms with Crippen LogP contribution in [0.1, 0.15) is 51.4 Å². The number of amides is 4. The highest BCUT2D eigenvalue weighted by Crippen LogP contribution is 2.53. The molecule has 0 radical (unpaired) electrons. The molecule has 6 N–H and O–H groups in total. The Morgan fingerprint density at radius 3 is 1.42 bits per heavy atom. The molecule has 0 aromatic rings. The molecule has 0 bridgehead atoms. The second-order valence-corrected chi connectivity index (χ2v) is 22.1. The van der Waals surface area contributed by atoms with Gasteiger partial charge in [0.25, 0.3) is 0 Å². The third-order valence-electron chi connectivity index (χ3n) is 14.4. The lowest BCUT2D eigenvalue weighted by molar-refractivity contribution is -0.225. The molecule has 24 nitrogen and oxygen atoms in total. The monoisotopic (exact) mass is 1460 g/mol. The summed E-state index contributed by atoms with van der Waals surface area (Å²) >= 11 is 5.84. The molecular weight excluding hydrogens is 1410 g/mol. The number of ether oxygens (including phenoxy) is 6. The zero-order valence-corrected chi connectivity index (χ0v) is 48.9. The number of nitrogens with zero attached hydrogens (tertiary/aromatic N) is 4. The van der Waals surface area contributed by atoms with Crippen LogP contribution in [0, 0.1) is 49.4 Å². The van der Waals surface area contributed by atoms with Crippen LogP contribution in [0.15, 0.2) is 61.4 Å². The van der Waals surface area contributed by atoms with Gasteiger partial charge in [0.2, 0.25) is 52.5 Å². The number of aliphatic hydroxyl groups excluding tert-OH is 3. The Bertz CT molecular complexity index is 2940. The van der Waals surface area contributed by atoms with Crippen LogP contribution in [0.2, 0.25) is 0 Å². The Labute approximate surface area is 503 Å². The number of aliphatic hydroxyl groups is 6. The van der Waals surface area contributed by atoms with Crippen molar-refractivity contribution >= 4 is 115 Å². The predicted octanol–water partition coefficient (Wildman–Crippen LogP) is -0.914. The third kappa shape index (κ3) is 11.7. The normalized spacial score (nSPS) is 39.1. The molecule has 9 heterocycles. The van der Waals surface area contributed by atoms with Gasteiger partial charge in [-0.05, 0) is 37.1 Å². The first-order chi connectivity index (χ1) is 38.1. The molecule has 10 rings (SSSR count). The number of halogens is 4. The highest BCUT2D eigenvalue weighted by molar-refractivity contribution is 14.1. The van der Waals surface area contributed by atoms with E-state index in [1.54, 1.807) is 22.6 Å². The zero-order valence-electron chi connectivity index (χ0n) is 42.4. The lowest BCUT2D eigenvalue weighted by Crippen LogP contribution is -2.55. The summed E-state index contributed by atoms with van der Waals surface area (Å²) in [5.74, 6) is 1.94. The van der Waals surface area contributed by atoms with Gasteiger partial charge in [0, 0.05) is 46.5 Å². The van der Waals surface area contributed by atoms with E-state index in [1.165, 1.54) is 41.7 Å². The molecule has 15 atom stereocenters. The van der Waals surface area contributed by atoms with Crippen molar-refractivity contribution in [1.29, 1.82) is 0 Å². The third-order valence-corrected chi connectivity index (χ3v) is 17.2. The van der Waals surface area contributed by atoms with E-state index in [1.807, 2.05) is 34.4 Å². The van der Waals surface area contributed by atoms with Crippen molar-refractivity contribution < 1.29 is 102 Å². The van der Waals surface area contributed by atoms with Gasteiger partial charge < -0.3 is 59.1 Å². The van der Waals surface area contributed by atoms with E-state index in [0.29, 0.717) is 8.86 Å². The summed E-state index contributed by atoms with van der Waals surface area (Å²) in [6, 6.07) is 0. The maximum Gasteiger partial charge on any atom is 0.250 e. The largest absolute Gasteiger partial charge is 0.468 e. The lowest BCUT2D eigenvalue weighted by Gasteiger charge is -2.36. The Kier molecular flexibility index (Phi) is 19.4. The van der Waals surface area contributed by atoms with Crippen LogP contribution in [0.5, 0.6) is 0 Å². The Morgan fingerprint density at radius 2 is 1.01 bits per heavy atom. The van der Waals surface area contributed by atoms with Crippen molar-refractivity contribution in [3.63, 3.8) is 0 Å². The SMILES string of the molecule is C#C[C@@]1(O)[C@H](O)C(=C)O[C@H]1N1C=CC(=O)CC1=O.C#C[C@@]1(O)[C@H](O)[C@@H](CI)O[C@H]1N1C=CC(=O)CC1=O.C#C[C@@]12OC3(CCCC3)O[C@@H]1[C@@H](CI)O[C@H]2N1C=CC(=O)CC1=O.C#C[C@]1(O)[C@H](N2C=CC(=O)CC2=O)O[C@](F)(CI)[C@H]1O. The highest BCUT2D eigenvalue weighted by atomic mass is 127. The Hall–Kier alpha value is -5.02. The van der Waals surface area contributed by atoms with E-state index < -0.39 is 119 Å². The summed E-state index contributed by atoms with van der Waals surface area (Å²) in [4.78, 5) is 96.7. The van der Waals surface area contributed by atoms with Gasteiger partial charge in [-0.2, -0.15) is 0 Å². The molecule has 28 heteroatoms. The lowest BCUT2D eigenvalue weighted by atomic mass is 9.93. The number of alkyl halides is 4. The summed E-state index contributed by atoms with van der Waals surface area (Å²) in [5, 5.41) is 60.3. The fourth-order valence-electron chi connectivity index (χ4n) is 10.1. The molecule has 1 spiro atoms. The van der Waals surface area contributed by atoms with Crippen molar-refractivity contribution in [1.82, 2.24) is 19.6 Å². The first-order valence-corrected chi connectivity index (χ1v) is 29.0. The van der Waals surface area contributed by atoms with Crippen molar-refractivity contribution in [2.24, 2.45) is 0 Å². The fourth-order valence-corrected chi connectivity index (χ4v) is 12.0. The van der Waals surface area contributed by atoms with E-state index in [9.17, 15) is 73.4 Å². The first-order valence-electron chi connectivity index (χ1n) is 24.5. The van der Waals surface area contributed by atoms with Gasteiger partial charge in [-0.1, -0.05) is 98.0 Å². The quantitative estimate of drug-likeness (QED) is 0.0778. The van der Waals surface area contributed by atoms with E-state index in [2.05, 4.69) is 41.0 Å². The summed E-state index contributed by atoms with van der Waals surface area (Å²) < 4.78 is 49.4. The number of fused-ring (bicyclic) bond motifs is 1. The fraction of sp³-hybridized carbons (Fsp3) is 0.509. The van der Waals surface area contributed by atoms with Crippen molar-refractivity contribution in [2.75, 3.05) is 13.3 Å². The molecule has 81 heavy (non-hydrogen) atoms. The topological polar surface area (TPSA) is 326 Å². The number of terminal acetylenes is 4. The minimum absolute atomic E-state index is 0.126. The minimum Gasteiger partial charge on any atom is -0.468 e. The molecule has 432 valence electrons. The van der Waals surface area contributed by atoms with Crippen molar-refractivity contribution in [2.45, 2.75) is 147 Å². The van der Waals surface area contributed by atoms with Crippen molar-refractivity contribution in [3.8, 4) is 49.4 Å². The summed E-state index contributed by atoms with van der Waals surface area (Å²) in [6.45, 7) is 3.41. The highest BCUT2D eigenvalue weighted by Gasteiger charge is 2.70. The van der Waals surface area contributed by atoms with Crippen molar-refractivity contribution in [3.05, 3.63) is 61.4 Å². The summed E-state index contributed by atoms with van der Waals surface area (Å²) in [7, 11) is 0. The van der Waals surface area contributed by atoms with Gasteiger partial charge in [-0.3, -0.25) is 58.0 Å². The first kappa shape index (κ1) is 63.6. The maximum atomic E-state index is 14.4. The maximum absolute atomic E-state index is 14.4. The molecule has 1 saturated carbocycles. The molecular formula is C53H52FI3N4O20. The van der Waals surface area contributed by atoms with Gasteiger partial charge in [-0.15, -0.1) is 25.7 Å². The van der Waals surface area contributed by atoms with Gasteiger partial charge in [0.15, 0.2) is 65.4 Å². The van der Waals surface area contributed by atoms with E-state index in [0.717, 1.165) is 52.7 Å². The number of hydrogen-bond donors (Lipinski definition) is 6. The molecule has 0 aromatic heterocycles.